The van der Waals surface area contributed by atoms with Gasteiger partial charge in [0.05, 0.1) is 29.1 Å². The number of carboxylic acids is 1. The van der Waals surface area contributed by atoms with Crippen LogP contribution in [0.5, 0.6) is 0 Å². The lowest BCUT2D eigenvalue weighted by molar-refractivity contribution is -0.150. The number of aryl methyl sites for hydroxylation is 1. The molecule has 0 radical (unpaired) electrons. The normalized spacial score (nSPS) is 29.8. The number of nitrogens with zero attached hydrogens (tertiary/aromatic N) is 2. The molecule has 3 rings (SSSR count). The van der Waals surface area contributed by atoms with E-state index >= 15 is 0 Å². The van der Waals surface area contributed by atoms with Crippen molar-refractivity contribution < 1.29 is 14.7 Å². The summed E-state index contributed by atoms with van der Waals surface area (Å²) < 4.78 is 0. The zero-order valence-electron chi connectivity index (χ0n) is 12.0. The lowest BCUT2D eigenvalue weighted by atomic mass is 9.82. The minimum atomic E-state index is -0.858. The molecule has 1 aromatic heterocycles. The maximum atomic E-state index is 12.7. The third kappa shape index (κ3) is 2.48. The molecule has 6 heteroatoms. The van der Waals surface area contributed by atoms with Crippen molar-refractivity contribution in [3.05, 3.63) is 28.2 Å². The van der Waals surface area contributed by atoms with Crippen molar-refractivity contribution in [1.29, 1.82) is 0 Å². The molecule has 1 saturated carbocycles. The van der Waals surface area contributed by atoms with Crippen molar-refractivity contribution in [2.24, 2.45) is 23.7 Å². The summed E-state index contributed by atoms with van der Waals surface area (Å²) in [5.41, 5.74) is 0.860. The van der Waals surface area contributed by atoms with Crippen LogP contribution >= 0.6 is 11.3 Å². The molecule has 4 unspecified atom stereocenters. The van der Waals surface area contributed by atoms with Crippen molar-refractivity contribution in [2.45, 2.75) is 19.9 Å². The van der Waals surface area contributed by atoms with E-state index in [0.717, 1.165) is 17.1 Å². The molecular formula is C15H18N2O3S. The Balaban J connectivity index is 1.74. The van der Waals surface area contributed by atoms with E-state index in [9.17, 15) is 14.7 Å². The van der Waals surface area contributed by atoms with Crippen LogP contribution in [0.3, 0.4) is 0 Å². The fraction of sp³-hybridized carbons (Fsp3) is 0.533. The maximum Gasteiger partial charge on any atom is 0.307 e. The summed E-state index contributed by atoms with van der Waals surface area (Å²) in [7, 11) is 1.73. The fourth-order valence-electron chi connectivity index (χ4n) is 3.55. The van der Waals surface area contributed by atoms with E-state index in [1.54, 1.807) is 23.3 Å². The summed E-state index contributed by atoms with van der Waals surface area (Å²) in [5, 5.41) is 12.3. The van der Waals surface area contributed by atoms with Gasteiger partial charge in [0, 0.05) is 12.4 Å². The van der Waals surface area contributed by atoms with Crippen LogP contribution in [0.1, 0.15) is 17.1 Å². The van der Waals surface area contributed by atoms with Crippen LogP contribution in [0.15, 0.2) is 17.5 Å². The fourth-order valence-corrected chi connectivity index (χ4v) is 4.16. The van der Waals surface area contributed by atoms with Crippen molar-refractivity contribution in [2.75, 3.05) is 7.05 Å². The molecule has 2 aliphatic carbocycles. The van der Waals surface area contributed by atoms with E-state index in [4.69, 9.17) is 0 Å². The van der Waals surface area contributed by atoms with Crippen LogP contribution in [0, 0.1) is 30.6 Å². The molecular weight excluding hydrogens is 288 g/mol. The Morgan fingerprint density at radius 1 is 1.38 bits per heavy atom. The van der Waals surface area contributed by atoms with Gasteiger partial charge in [0.2, 0.25) is 5.91 Å². The Bertz CT molecular complexity index is 610. The Kier molecular flexibility index (Phi) is 3.57. The Hall–Kier alpha value is -1.69. The number of allylic oxidation sites excluding steroid dienone is 2. The first-order valence-corrected chi connectivity index (χ1v) is 7.92. The highest BCUT2D eigenvalue weighted by Gasteiger charge is 2.52. The van der Waals surface area contributed by atoms with Gasteiger partial charge in [-0.2, -0.15) is 0 Å². The average Bonchev–Trinajstić information content (AvgIpc) is 3.12. The molecule has 2 bridgehead atoms. The molecule has 1 amide bonds. The second-order valence-corrected chi connectivity index (χ2v) is 6.95. The summed E-state index contributed by atoms with van der Waals surface area (Å²) in [6, 6.07) is 0. The molecule has 0 spiro atoms. The third-order valence-electron chi connectivity index (χ3n) is 4.47. The number of hydrogen-bond acceptors (Lipinski definition) is 4. The number of amides is 1. The number of aliphatic carboxylic acids is 1. The molecule has 2 aliphatic rings. The topological polar surface area (TPSA) is 70.5 Å². The van der Waals surface area contributed by atoms with E-state index in [0.29, 0.717) is 6.54 Å². The second kappa shape index (κ2) is 5.26. The van der Waals surface area contributed by atoms with Crippen molar-refractivity contribution >= 4 is 23.2 Å². The van der Waals surface area contributed by atoms with Crippen LogP contribution < -0.4 is 0 Å². The molecule has 21 heavy (non-hydrogen) atoms. The minimum absolute atomic E-state index is 0.0105. The van der Waals surface area contributed by atoms with Gasteiger partial charge < -0.3 is 10.0 Å². The van der Waals surface area contributed by atoms with Gasteiger partial charge in [-0.3, -0.25) is 9.59 Å². The number of hydrogen-bond donors (Lipinski definition) is 1. The van der Waals surface area contributed by atoms with Crippen molar-refractivity contribution in [3.8, 4) is 0 Å². The van der Waals surface area contributed by atoms with Crippen LogP contribution in [-0.2, 0) is 16.1 Å². The molecule has 112 valence electrons. The Labute approximate surface area is 127 Å². The highest BCUT2D eigenvalue weighted by molar-refractivity contribution is 7.09. The summed E-state index contributed by atoms with van der Waals surface area (Å²) in [4.78, 5) is 30.1. The summed E-state index contributed by atoms with van der Waals surface area (Å²) in [6.45, 7) is 2.37. The number of rotatable bonds is 4. The van der Waals surface area contributed by atoms with Crippen LogP contribution in [0.2, 0.25) is 0 Å². The number of fused-ring (bicyclic) bond motifs is 2. The standard InChI is InChI=1S/C15H18N2O3S/c1-8-16-11(7-21-8)6-17(2)14(18)12-9-3-4-10(5-9)13(12)15(19)20/h3-4,7,9-10,12-13H,5-6H2,1-2H3,(H,19,20). The lowest BCUT2D eigenvalue weighted by Crippen LogP contribution is -2.40. The molecule has 1 heterocycles. The number of aromatic nitrogens is 1. The first-order chi connectivity index (χ1) is 9.97. The molecule has 4 atom stereocenters. The highest BCUT2D eigenvalue weighted by Crippen LogP contribution is 2.48. The van der Waals surface area contributed by atoms with Gasteiger partial charge in [-0.25, -0.2) is 4.98 Å². The predicted octanol–water partition coefficient (Wildman–Crippen LogP) is 1.93. The van der Waals surface area contributed by atoms with Crippen LogP contribution in [-0.4, -0.2) is 33.9 Å². The van der Waals surface area contributed by atoms with E-state index < -0.39 is 17.8 Å². The second-order valence-electron chi connectivity index (χ2n) is 5.89. The zero-order valence-corrected chi connectivity index (χ0v) is 12.8. The van der Waals surface area contributed by atoms with Crippen molar-refractivity contribution in [3.63, 3.8) is 0 Å². The first kappa shape index (κ1) is 14.3. The predicted molar refractivity (Wildman–Crippen MR) is 78.7 cm³/mol. The molecule has 0 saturated heterocycles. The van der Waals surface area contributed by atoms with E-state index in [2.05, 4.69) is 4.98 Å². The van der Waals surface area contributed by atoms with Gasteiger partial charge in [-0.1, -0.05) is 12.2 Å². The molecule has 5 nitrogen and oxygen atoms in total. The zero-order chi connectivity index (χ0) is 15.1. The van der Waals surface area contributed by atoms with Gasteiger partial charge in [0.25, 0.3) is 0 Å². The molecule has 0 aliphatic heterocycles. The van der Waals surface area contributed by atoms with E-state index in [1.807, 2.05) is 24.5 Å². The van der Waals surface area contributed by atoms with Gasteiger partial charge in [0.1, 0.15) is 0 Å². The number of carbonyl (C=O) groups excluding carboxylic acids is 1. The van der Waals surface area contributed by atoms with Gasteiger partial charge in [0.15, 0.2) is 0 Å². The third-order valence-corrected chi connectivity index (χ3v) is 5.29. The van der Waals surface area contributed by atoms with Gasteiger partial charge in [-0.05, 0) is 25.2 Å². The maximum absolute atomic E-state index is 12.7. The minimum Gasteiger partial charge on any atom is -0.481 e. The molecule has 1 N–H and O–H groups in total. The van der Waals surface area contributed by atoms with Gasteiger partial charge >= 0.3 is 5.97 Å². The lowest BCUT2D eigenvalue weighted by Gasteiger charge is -2.28. The number of thiazole rings is 1. The van der Waals surface area contributed by atoms with Crippen LogP contribution in [0.25, 0.3) is 0 Å². The SMILES string of the molecule is Cc1nc(CN(C)C(=O)C2C3C=CC(C3)C2C(=O)O)cs1. The van der Waals surface area contributed by atoms with E-state index in [1.165, 1.54) is 0 Å². The van der Waals surface area contributed by atoms with E-state index in [-0.39, 0.29) is 17.7 Å². The number of carboxylic acid groups (broad SMARTS) is 1. The van der Waals surface area contributed by atoms with Crippen molar-refractivity contribution in [1.82, 2.24) is 9.88 Å². The number of carbonyl (C=O) groups is 2. The first-order valence-electron chi connectivity index (χ1n) is 7.04. The Morgan fingerprint density at radius 2 is 2.05 bits per heavy atom. The quantitative estimate of drug-likeness (QED) is 0.863. The largest absolute Gasteiger partial charge is 0.481 e. The summed E-state index contributed by atoms with van der Waals surface area (Å²) >= 11 is 1.55. The highest BCUT2D eigenvalue weighted by atomic mass is 32.1. The molecule has 1 aromatic rings. The molecule has 1 fully saturated rings. The summed E-state index contributed by atoms with van der Waals surface area (Å²) in [6.07, 6.45) is 4.75. The monoisotopic (exact) mass is 306 g/mol. The molecule has 0 aromatic carbocycles. The average molecular weight is 306 g/mol. The Morgan fingerprint density at radius 3 is 2.62 bits per heavy atom. The van der Waals surface area contributed by atoms with Crippen LogP contribution in [0.4, 0.5) is 0 Å². The summed E-state index contributed by atoms with van der Waals surface area (Å²) in [5.74, 6) is -1.86. The smallest absolute Gasteiger partial charge is 0.307 e. The van der Waals surface area contributed by atoms with Gasteiger partial charge in [-0.15, -0.1) is 11.3 Å².